The van der Waals surface area contributed by atoms with Gasteiger partial charge in [-0.3, -0.25) is 0 Å². The molecule has 0 amide bonds. The molecule has 1 aliphatic heterocycles. The van der Waals surface area contributed by atoms with Crippen molar-refractivity contribution in [3.8, 4) is 0 Å². The Morgan fingerprint density at radius 3 is 2.11 bits per heavy atom. The molecule has 3 N–H and O–H groups in total. The molecule has 5 nitrogen and oxygen atoms in total. The van der Waals surface area contributed by atoms with Gasteiger partial charge in [0.1, 0.15) is 0 Å². The minimum Gasteiger partial charge on any atom is -0.478 e. The smallest absolute Gasteiger partial charge is 0.335 e. The van der Waals surface area contributed by atoms with E-state index in [1.807, 2.05) is 0 Å². The molecule has 1 saturated heterocycles. The minimum atomic E-state index is -2.02. The van der Waals surface area contributed by atoms with Crippen molar-refractivity contribution in [2.75, 3.05) is 13.1 Å². The van der Waals surface area contributed by atoms with E-state index < -0.39 is 11.9 Å². The average Bonchev–Trinajstić information content (AvgIpc) is 2.40. The lowest BCUT2D eigenvalue weighted by Crippen LogP contribution is -2.48. The molecule has 0 unspecified atom stereocenters. The quantitative estimate of drug-likeness (QED) is 0.697. The molecule has 0 aliphatic carbocycles. The number of carbonyl (C=O) groups is 1. The van der Waals surface area contributed by atoms with Crippen LogP contribution < -0.4 is 0 Å². The van der Waals surface area contributed by atoms with Gasteiger partial charge in [0.15, 0.2) is 0 Å². The topological polar surface area (TPSA) is 81.0 Å². The number of benzene rings is 1. The van der Waals surface area contributed by atoms with Gasteiger partial charge < -0.3 is 15.3 Å². The van der Waals surface area contributed by atoms with E-state index in [9.17, 15) is 15.0 Å². The number of carboxylic acid groups (broad SMARTS) is 1. The minimum absolute atomic E-state index is 0.133. The van der Waals surface area contributed by atoms with E-state index in [2.05, 4.69) is 0 Å². The molecule has 0 bridgehead atoms. The van der Waals surface area contributed by atoms with Crippen LogP contribution in [0.1, 0.15) is 35.2 Å². The maximum Gasteiger partial charge on any atom is 0.335 e. The van der Waals surface area contributed by atoms with Crippen molar-refractivity contribution < 1.29 is 20.1 Å². The van der Waals surface area contributed by atoms with Crippen LogP contribution in [-0.4, -0.2) is 39.3 Å². The van der Waals surface area contributed by atoms with Gasteiger partial charge in [0, 0.05) is 18.7 Å². The number of rotatable bonds is 3. The van der Waals surface area contributed by atoms with Crippen molar-refractivity contribution in [2.24, 2.45) is 0 Å². The third-order valence-electron chi connectivity index (χ3n) is 3.32. The van der Waals surface area contributed by atoms with E-state index in [4.69, 9.17) is 5.11 Å². The Labute approximate surface area is 105 Å². The van der Waals surface area contributed by atoms with E-state index >= 15 is 0 Å². The van der Waals surface area contributed by atoms with Crippen LogP contribution in [0.4, 0.5) is 0 Å². The molecule has 0 atom stereocenters. The van der Waals surface area contributed by atoms with E-state index in [-0.39, 0.29) is 5.56 Å². The summed E-state index contributed by atoms with van der Waals surface area (Å²) < 4.78 is 0. The van der Waals surface area contributed by atoms with Crippen molar-refractivity contribution >= 4 is 5.97 Å². The predicted molar refractivity (Wildman–Crippen MR) is 64.9 cm³/mol. The van der Waals surface area contributed by atoms with Crippen LogP contribution in [0.15, 0.2) is 24.3 Å². The molecule has 1 aliphatic rings. The Bertz CT molecular complexity index is 421. The van der Waals surface area contributed by atoms with Gasteiger partial charge in [-0.05, 0) is 25.0 Å². The first-order valence-electron chi connectivity index (χ1n) is 6.05. The highest BCUT2D eigenvalue weighted by Gasteiger charge is 2.34. The largest absolute Gasteiger partial charge is 0.478 e. The number of piperidine rings is 1. The first-order chi connectivity index (χ1) is 8.51. The van der Waals surface area contributed by atoms with Crippen molar-refractivity contribution in [2.45, 2.75) is 25.2 Å². The molecule has 0 radical (unpaired) electrons. The molecule has 0 saturated carbocycles. The van der Waals surface area contributed by atoms with Gasteiger partial charge in [-0.2, -0.15) is 0 Å². The molecule has 0 spiro atoms. The summed E-state index contributed by atoms with van der Waals surface area (Å²) in [5.41, 5.74) is 0.433. The molecule has 18 heavy (non-hydrogen) atoms. The van der Waals surface area contributed by atoms with E-state index in [0.29, 0.717) is 18.7 Å². The van der Waals surface area contributed by atoms with Crippen LogP contribution in [-0.2, 0) is 5.91 Å². The fraction of sp³-hybridized carbons (Fsp3) is 0.462. The summed E-state index contributed by atoms with van der Waals surface area (Å²) in [5, 5.41) is 29.1. The second kappa shape index (κ2) is 5.06. The maximum atomic E-state index is 10.7. The molecule has 98 valence electrons. The number of aromatic carboxylic acids is 1. The average molecular weight is 251 g/mol. The van der Waals surface area contributed by atoms with Crippen LogP contribution in [0, 0.1) is 0 Å². The highest BCUT2D eigenvalue weighted by Crippen LogP contribution is 2.26. The van der Waals surface area contributed by atoms with Gasteiger partial charge in [0.25, 0.3) is 5.91 Å². The van der Waals surface area contributed by atoms with Gasteiger partial charge >= 0.3 is 5.97 Å². The van der Waals surface area contributed by atoms with Gasteiger partial charge in [0.05, 0.1) is 5.56 Å². The monoisotopic (exact) mass is 251 g/mol. The van der Waals surface area contributed by atoms with Crippen LogP contribution in [0.3, 0.4) is 0 Å². The Kier molecular flexibility index (Phi) is 3.65. The molecule has 2 rings (SSSR count). The summed E-state index contributed by atoms with van der Waals surface area (Å²) in [6, 6.07) is 5.64. The molecular formula is C13H17NO4. The van der Waals surface area contributed by atoms with Crippen molar-refractivity contribution in [3.63, 3.8) is 0 Å². The van der Waals surface area contributed by atoms with Gasteiger partial charge in [0.2, 0.25) is 0 Å². The van der Waals surface area contributed by atoms with Crippen LogP contribution >= 0.6 is 0 Å². The molecule has 1 aromatic carbocycles. The van der Waals surface area contributed by atoms with Crippen molar-refractivity contribution in [1.82, 2.24) is 4.90 Å². The fourth-order valence-corrected chi connectivity index (χ4v) is 2.22. The van der Waals surface area contributed by atoms with E-state index in [0.717, 1.165) is 19.3 Å². The second-order valence-corrected chi connectivity index (χ2v) is 4.57. The molecule has 1 heterocycles. The highest BCUT2D eigenvalue weighted by molar-refractivity contribution is 5.87. The van der Waals surface area contributed by atoms with Gasteiger partial charge in [-0.1, -0.05) is 18.6 Å². The second-order valence-electron chi connectivity index (χ2n) is 4.57. The zero-order valence-corrected chi connectivity index (χ0v) is 10.0. The maximum absolute atomic E-state index is 10.7. The molecule has 1 aromatic rings. The first-order valence-corrected chi connectivity index (χ1v) is 6.05. The SMILES string of the molecule is O=C(O)c1ccc(C(O)(O)N2CCCCC2)cc1. The number of carboxylic acids is 1. The van der Waals surface area contributed by atoms with Gasteiger partial charge in [-0.15, -0.1) is 0 Å². The third-order valence-corrected chi connectivity index (χ3v) is 3.32. The summed E-state index contributed by atoms with van der Waals surface area (Å²) in [7, 11) is 0. The summed E-state index contributed by atoms with van der Waals surface area (Å²) in [6.07, 6.45) is 2.98. The lowest BCUT2D eigenvalue weighted by atomic mass is 10.0. The number of hydrogen-bond acceptors (Lipinski definition) is 4. The highest BCUT2D eigenvalue weighted by atomic mass is 16.5. The first kappa shape index (κ1) is 13.0. The van der Waals surface area contributed by atoms with Crippen molar-refractivity contribution in [1.29, 1.82) is 0 Å². The molecule has 0 aromatic heterocycles. The summed E-state index contributed by atoms with van der Waals surface area (Å²) in [4.78, 5) is 12.3. The molecule has 5 heteroatoms. The normalized spacial score (nSPS) is 17.7. The van der Waals surface area contributed by atoms with E-state index in [1.165, 1.54) is 24.3 Å². The lowest BCUT2D eigenvalue weighted by Gasteiger charge is -2.37. The van der Waals surface area contributed by atoms with Crippen LogP contribution in [0.2, 0.25) is 0 Å². The standard InChI is InChI=1S/C13H17NO4/c15-12(16)10-4-6-11(7-5-10)13(17,18)14-8-2-1-3-9-14/h4-7,17-18H,1-3,8-9H2,(H,15,16). The fourth-order valence-electron chi connectivity index (χ4n) is 2.22. The summed E-state index contributed by atoms with van der Waals surface area (Å²) >= 11 is 0. The van der Waals surface area contributed by atoms with Crippen LogP contribution in [0.5, 0.6) is 0 Å². The molecule has 1 fully saturated rings. The Hall–Kier alpha value is -1.43. The number of hydrogen-bond donors (Lipinski definition) is 3. The van der Waals surface area contributed by atoms with Crippen LogP contribution in [0.25, 0.3) is 0 Å². The Balaban J connectivity index is 2.20. The third kappa shape index (κ3) is 2.53. The number of nitrogens with zero attached hydrogens (tertiary/aromatic N) is 1. The number of likely N-dealkylation sites (tertiary alicyclic amines) is 1. The zero-order valence-electron chi connectivity index (χ0n) is 10.0. The lowest BCUT2D eigenvalue weighted by molar-refractivity contribution is -0.278. The molecular weight excluding hydrogens is 234 g/mol. The number of aliphatic hydroxyl groups is 2. The summed E-state index contributed by atoms with van der Waals surface area (Å²) in [6.45, 7) is 1.27. The zero-order chi connectivity index (χ0) is 13.2. The summed E-state index contributed by atoms with van der Waals surface area (Å²) in [5.74, 6) is -3.04. The van der Waals surface area contributed by atoms with Crippen molar-refractivity contribution in [3.05, 3.63) is 35.4 Å². The predicted octanol–water partition coefficient (Wildman–Crippen LogP) is 0.966. The Morgan fingerprint density at radius 2 is 1.61 bits per heavy atom. The Morgan fingerprint density at radius 1 is 1.06 bits per heavy atom. The van der Waals surface area contributed by atoms with E-state index in [1.54, 1.807) is 4.90 Å². The van der Waals surface area contributed by atoms with Gasteiger partial charge in [-0.25, -0.2) is 9.69 Å².